The fraction of sp³-hybridized carbons (Fsp3) is 0.0385. The monoisotopic (exact) mass is 1350 g/mol. The molecule has 2 heteroatoms. The molecule has 106 heavy (non-hydrogen) atoms. The Kier molecular flexibility index (Phi) is 12.1. The lowest BCUT2D eigenvalue weighted by atomic mass is 9.82. The molecule has 1 heterocycles. The van der Waals surface area contributed by atoms with Gasteiger partial charge in [-0.2, -0.15) is 0 Å². The van der Waals surface area contributed by atoms with E-state index in [1.54, 1.807) is 0 Å². The van der Waals surface area contributed by atoms with Crippen molar-refractivity contribution in [1.82, 2.24) is 4.57 Å². The highest BCUT2D eigenvalue weighted by molar-refractivity contribution is 6.45. The normalized spacial score (nSPS) is 12.3. The number of aryl methyl sites for hydroxylation is 4. The Bertz CT molecular complexity index is 7540. The zero-order chi connectivity index (χ0) is 70.1. The first-order valence-electron chi connectivity index (χ1n) is 36.9. The zero-order valence-electron chi connectivity index (χ0n) is 58.8. The van der Waals surface area contributed by atoms with E-state index >= 15 is 0 Å². The molecule has 0 fully saturated rings. The van der Waals surface area contributed by atoms with Crippen molar-refractivity contribution in [2.75, 3.05) is 0 Å². The summed E-state index contributed by atoms with van der Waals surface area (Å²) in [6.07, 6.45) is 8.00. The highest BCUT2D eigenvalue weighted by atomic mass is 16.5. The summed E-state index contributed by atoms with van der Waals surface area (Å²) in [6.45, 7) is 9.01. The number of para-hydroxylation sites is 2. The number of nitrogens with zero attached hydrogens (tertiary/aromatic N) is 1. The molecule has 0 saturated heterocycles. The molecule has 0 unspecified atom stereocenters. The topological polar surface area (TPSA) is 14.2 Å². The molecule has 2 aliphatic rings. The third kappa shape index (κ3) is 8.01. The van der Waals surface area contributed by atoms with E-state index in [0.717, 1.165) is 5.39 Å². The molecule has 1 aromatic heterocycles. The summed E-state index contributed by atoms with van der Waals surface area (Å²) in [5, 5.41) is 33.8. The summed E-state index contributed by atoms with van der Waals surface area (Å²) in [6, 6.07) is 114. The van der Waals surface area contributed by atoms with Gasteiger partial charge in [-0.3, -0.25) is 0 Å². The second kappa shape index (κ2) is 21.7. The van der Waals surface area contributed by atoms with Crippen LogP contribution in [0.4, 0.5) is 0 Å². The maximum absolute atomic E-state index is 5.67. The third-order valence-electron chi connectivity index (χ3n) is 23.9. The Balaban J connectivity index is 0.000000136. The van der Waals surface area contributed by atoms with Crippen molar-refractivity contribution in [1.29, 1.82) is 0 Å². The highest BCUT2D eigenvalue weighted by Gasteiger charge is 2.31. The molecule has 0 aliphatic heterocycles. The average molecular weight is 1350 g/mol. The molecule has 0 bridgehead atoms. The standard InChI is InChI=1S/C54H33N.C50H30O.2H2/c1-30-24-42-39-28-41-44-27-33-16-6-7-17-34(33)51-37-20-8-9-21-38(37)52(53(44)51)49(32-14-4-3-5-15-32)45(41)29-40(39)43-26-31(2)54(46(25-30)50(42)43)55-47-22-12-10-18-35(47)36-19-11-13-23-48(36)55;1-4-51-46-19-18-34-37-25-43-42(24-36(37)33-16-11-17-35(46)50(33)34)47(30-12-7-5-8-13-30)44-26-38-39(27-45(44)48(43)31-14-9-6-10-15-31)41-23-29(3)21-32-20-28(2)22-40(38)49(32)41;;/h3-29H,1-2H3;1,5-27H,2-3H3;2*1H. The van der Waals surface area contributed by atoms with E-state index < -0.39 is 0 Å². The van der Waals surface area contributed by atoms with Crippen molar-refractivity contribution in [2.24, 2.45) is 0 Å². The molecule has 0 saturated carbocycles. The van der Waals surface area contributed by atoms with E-state index in [9.17, 15) is 0 Å². The first kappa shape index (κ1) is 59.0. The number of terminal acetylenes is 1. The second-order valence-electron chi connectivity index (χ2n) is 29.8. The van der Waals surface area contributed by atoms with Gasteiger partial charge in [0.25, 0.3) is 0 Å². The van der Waals surface area contributed by atoms with Crippen LogP contribution in [-0.4, -0.2) is 4.57 Å². The zero-order valence-corrected chi connectivity index (χ0v) is 58.8. The molecule has 494 valence electrons. The number of benzene rings is 19. The third-order valence-corrected chi connectivity index (χ3v) is 23.9. The van der Waals surface area contributed by atoms with Crippen LogP contribution in [-0.2, 0) is 0 Å². The molecule has 0 spiro atoms. The minimum Gasteiger partial charge on any atom is -0.407 e. The van der Waals surface area contributed by atoms with Crippen LogP contribution < -0.4 is 4.74 Å². The smallest absolute Gasteiger partial charge is 0.148 e. The molecule has 2 nitrogen and oxygen atoms in total. The Morgan fingerprint density at radius 3 is 1.29 bits per heavy atom. The minimum atomic E-state index is 0. The van der Waals surface area contributed by atoms with Gasteiger partial charge in [0.2, 0.25) is 0 Å². The maximum atomic E-state index is 5.67. The van der Waals surface area contributed by atoms with Gasteiger partial charge in [0.05, 0.1) is 16.7 Å². The van der Waals surface area contributed by atoms with Crippen molar-refractivity contribution in [3.63, 3.8) is 0 Å². The van der Waals surface area contributed by atoms with E-state index in [1.165, 1.54) is 252 Å². The summed E-state index contributed by atoms with van der Waals surface area (Å²) >= 11 is 0. The first-order valence-corrected chi connectivity index (χ1v) is 36.9. The predicted octanol–water partition coefficient (Wildman–Crippen LogP) is 29.2. The van der Waals surface area contributed by atoms with Crippen LogP contribution in [0.3, 0.4) is 0 Å². The number of hydrogen-bond acceptors (Lipinski definition) is 1. The lowest BCUT2D eigenvalue weighted by Crippen LogP contribution is -1.99. The molecule has 0 atom stereocenters. The Hall–Kier alpha value is -13.6. The Morgan fingerprint density at radius 2 is 0.698 bits per heavy atom. The van der Waals surface area contributed by atoms with Crippen molar-refractivity contribution >= 4 is 151 Å². The summed E-state index contributed by atoms with van der Waals surface area (Å²) in [5.41, 5.74) is 26.6. The van der Waals surface area contributed by atoms with Gasteiger partial charge in [-0.1, -0.05) is 231 Å². The molecular weight excluding hydrogens is 1280 g/mol. The van der Waals surface area contributed by atoms with Gasteiger partial charge in [-0.15, -0.1) is 0 Å². The number of ether oxygens (including phenoxy) is 1. The van der Waals surface area contributed by atoms with Gasteiger partial charge in [-0.25, -0.2) is 0 Å². The van der Waals surface area contributed by atoms with Gasteiger partial charge in [-0.05, 0) is 320 Å². The van der Waals surface area contributed by atoms with E-state index in [-0.39, 0.29) is 2.85 Å². The molecule has 22 aromatic rings. The molecule has 0 N–H and O–H groups in total. The molecular formula is C104H67NO. The Labute approximate surface area is 614 Å². The molecule has 21 aromatic carbocycles. The van der Waals surface area contributed by atoms with Gasteiger partial charge in [0.1, 0.15) is 11.9 Å². The first-order chi connectivity index (χ1) is 52.2. The minimum absolute atomic E-state index is 0. The molecule has 0 radical (unpaired) electrons. The summed E-state index contributed by atoms with van der Waals surface area (Å²) in [5.74, 6) is 0.714. The van der Waals surface area contributed by atoms with Crippen LogP contribution in [0.15, 0.2) is 303 Å². The lowest BCUT2D eigenvalue weighted by molar-refractivity contribution is 0.527. The van der Waals surface area contributed by atoms with Gasteiger partial charge < -0.3 is 9.30 Å². The number of aromatic nitrogens is 1. The molecule has 24 rings (SSSR count). The Morgan fingerprint density at radius 1 is 0.255 bits per heavy atom. The van der Waals surface area contributed by atoms with Crippen molar-refractivity contribution in [3.8, 4) is 102 Å². The largest absolute Gasteiger partial charge is 0.407 e. The van der Waals surface area contributed by atoms with Crippen molar-refractivity contribution in [3.05, 3.63) is 326 Å². The number of hydrogen-bond donors (Lipinski definition) is 0. The van der Waals surface area contributed by atoms with Crippen LogP contribution in [0, 0.1) is 40.2 Å². The van der Waals surface area contributed by atoms with Crippen LogP contribution in [0.1, 0.15) is 25.1 Å². The highest BCUT2D eigenvalue weighted by Crippen LogP contribution is 2.58. The lowest BCUT2D eigenvalue weighted by Gasteiger charge is -2.21. The van der Waals surface area contributed by atoms with Crippen LogP contribution in [0.25, 0.3) is 235 Å². The maximum Gasteiger partial charge on any atom is 0.148 e. The van der Waals surface area contributed by atoms with Gasteiger partial charge in [0.15, 0.2) is 0 Å². The second-order valence-corrected chi connectivity index (χ2v) is 29.8. The average Bonchev–Trinajstić information content (AvgIpc) is 1.50. The van der Waals surface area contributed by atoms with Crippen LogP contribution >= 0.6 is 0 Å². The van der Waals surface area contributed by atoms with E-state index in [4.69, 9.17) is 11.2 Å². The van der Waals surface area contributed by atoms with E-state index in [2.05, 4.69) is 336 Å². The number of rotatable bonds is 5. The quantitative estimate of drug-likeness (QED) is 0.0952. The van der Waals surface area contributed by atoms with Crippen LogP contribution in [0.2, 0.25) is 0 Å². The molecule has 2 aliphatic carbocycles. The summed E-state index contributed by atoms with van der Waals surface area (Å²) in [7, 11) is 0. The number of fused-ring (bicyclic) bond motifs is 21. The van der Waals surface area contributed by atoms with E-state index in [0.29, 0.717) is 5.75 Å². The molecule has 0 amide bonds. The van der Waals surface area contributed by atoms with Crippen molar-refractivity contribution in [2.45, 2.75) is 27.7 Å². The van der Waals surface area contributed by atoms with Crippen LogP contribution in [0.5, 0.6) is 5.75 Å². The summed E-state index contributed by atoms with van der Waals surface area (Å²) < 4.78 is 8.19. The van der Waals surface area contributed by atoms with Gasteiger partial charge in [0, 0.05) is 29.8 Å². The SMILES string of the molecule is C#COc1ccc2c3c(cccc13)-c1cc3c(-c4ccccc4)c4cc5c(cc4c(-c4ccccc4)c3cc1-2)-c1cc(C)cc2cc(C)cc-5c12.Cc1cc2c(-n3c4ccccc4c4ccccc43)c(C)cc3c4cc5c(-c6ccccc6)c6c7ccccc7c7c8ccccc8cc(c5cc4c(c1)c23)c67.[HH].[HH]. The summed E-state index contributed by atoms with van der Waals surface area (Å²) in [4.78, 5) is 0. The van der Waals surface area contributed by atoms with Crippen molar-refractivity contribution < 1.29 is 7.59 Å². The predicted molar refractivity (Wildman–Crippen MR) is 457 cm³/mol. The van der Waals surface area contributed by atoms with E-state index in [1.807, 2.05) is 6.07 Å². The van der Waals surface area contributed by atoms with Gasteiger partial charge >= 0.3 is 0 Å². The fourth-order valence-corrected chi connectivity index (χ4v) is 19.9. The fourth-order valence-electron chi connectivity index (χ4n) is 19.9.